The van der Waals surface area contributed by atoms with E-state index in [4.69, 9.17) is 33.5 Å². The van der Waals surface area contributed by atoms with E-state index in [2.05, 4.69) is 12.2 Å². The van der Waals surface area contributed by atoms with E-state index in [1.165, 1.54) is 0 Å². The van der Waals surface area contributed by atoms with E-state index in [0.717, 1.165) is 19.4 Å². The van der Waals surface area contributed by atoms with Crippen molar-refractivity contribution in [2.45, 2.75) is 39.0 Å². The van der Waals surface area contributed by atoms with Crippen molar-refractivity contribution in [2.24, 2.45) is 0 Å². The first-order valence-corrected chi connectivity index (χ1v) is 11.1. The van der Waals surface area contributed by atoms with Crippen molar-refractivity contribution in [3.05, 3.63) is 0 Å². The quantitative estimate of drug-likeness (QED) is 0.198. The number of unbranched alkanes of at least 4 members (excludes halogenated alkanes) is 1. The molecule has 184 valence electrons. The van der Waals surface area contributed by atoms with E-state index in [1.54, 1.807) is 0 Å². The highest BCUT2D eigenvalue weighted by Gasteiger charge is 2.04. The second kappa shape index (κ2) is 25.0. The third-order valence-electron chi connectivity index (χ3n) is 3.86. The van der Waals surface area contributed by atoms with Crippen molar-refractivity contribution >= 4 is 11.9 Å². The highest BCUT2D eigenvalue weighted by molar-refractivity contribution is 5.80. The van der Waals surface area contributed by atoms with Crippen molar-refractivity contribution in [3.8, 4) is 0 Å². The number of aliphatic carboxylic acids is 1. The lowest BCUT2D eigenvalue weighted by Gasteiger charge is -2.08. The molecule has 2 N–H and O–H groups in total. The first kappa shape index (κ1) is 29.7. The predicted octanol–water partition coefficient (Wildman–Crippen LogP) is 1.26. The van der Waals surface area contributed by atoms with E-state index in [1.807, 2.05) is 0 Å². The molecule has 0 rings (SSSR count). The van der Waals surface area contributed by atoms with Crippen LogP contribution in [0.2, 0.25) is 0 Å². The summed E-state index contributed by atoms with van der Waals surface area (Å²) in [5.41, 5.74) is 0. The molecule has 0 atom stereocenters. The molecule has 0 aliphatic rings. The molecule has 31 heavy (non-hydrogen) atoms. The summed E-state index contributed by atoms with van der Waals surface area (Å²) in [6.45, 7) is 9.19. The fourth-order valence-corrected chi connectivity index (χ4v) is 2.16. The van der Waals surface area contributed by atoms with Gasteiger partial charge in [-0.25, -0.2) is 0 Å². The summed E-state index contributed by atoms with van der Waals surface area (Å²) in [4.78, 5) is 21.6. The minimum atomic E-state index is -0.974. The van der Waals surface area contributed by atoms with Crippen LogP contribution in [0.1, 0.15) is 39.0 Å². The molecule has 0 saturated heterocycles. The van der Waals surface area contributed by atoms with Crippen molar-refractivity contribution in [1.82, 2.24) is 5.32 Å². The van der Waals surface area contributed by atoms with Crippen LogP contribution in [0.3, 0.4) is 0 Å². The number of carbonyl (C=O) groups excluding carboxylic acids is 1. The summed E-state index contributed by atoms with van der Waals surface area (Å²) in [6, 6.07) is 0. The molecule has 0 spiro atoms. The van der Waals surface area contributed by atoms with Gasteiger partial charge in [0, 0.05) is 26.2 Å². The largest absolute Gasteiger partial charge is 0.481 e. The van der Waals surface area contributed by atoms with Gasteiger partial charge in [0.15, 0.2) is 0 Å². The van der Waals surface area contributed by atoms with Crippen LogP contribution in [0, 0.1) is 0 Å². The summed E-state index contributed by atoms with van der Waals surface area (Å²) < 4.78 is 32.4. The van der Waals surface area contributed by atoms with Crippen molar-refractivity contribution in [3.63, 3.8) is 0 Å². The lowest BCUT2D eigenvalue weighted by atomic mass is 10.3. The van der Waals surface area contributed by atoms with Crippen LogP contribution in [0.25, 0.3) is 0 Å². The lowest BCUT2D eigenvalue weighted by molar-refractivity contribution is -0.138. The zero-order valence-corrected chi connectivity index (χ0v) is 18.9. The highest BCUT2D eigenvalue weighted by Crippen LogP contribution is 1.90. The molecular weight excluding hydrogens is 410 g/mol. The van der Waals surface area contributed by atoms with Crippen molar-refractivity contribution < 1.29 is 43.1 Å². The molecule has 0 radical (unpaired) electrons. The second-order valence-electron chi connectivity index (χ2n) is 6.63. The van der Waals surface area contributed by atoms with Gasteiger partial charge in [0.1, 0.15) is 0 Å². The number of hydrogen-bond acceptors (Lipinski definition) is 8. The van der Waals surface area contributed by atoms with E-state index >= 15 is 0 Å². The van der Waals surface area contributed by atoms with E-state index in [0.29, 0.717) is 85.6 Å². The minimum Gasteiger partial charge on any atom is -0.481 e. The molecule has 10 heteroatoms. The zero-order valence-electron chi connectivity index (χ0n) is 18.9. The monoisotopic (exact) mass is 451 g/mol. The number of amides is 1. The van der Waals surface area contributed by atoms with Gasteiger partial charge in [0.05, 0.1) is 72.5 Å². The number of carboxylic acids is 1. The van der Waals surface area contributed by atoms with Gasteiger partial charge in [0.2, 0.25) is 5.91 Å². The summed E-state index contributed by atoms with van der Waals surface area (Å²) in [6.07, 6.45) is 2.74. The van der Waals surface area contributed by atoms with Crippen LogP contribution in [0.5, 0.6) is 0 Å². The summed E-state index contributed by atoms with van der Waals surface area (Å²) in [5, 5.41) is 11.1. The molecule has 0 aromatic carbocycles. The van der Waals surface area contributed by atoms with Gasteiger partial charge in [-0.15, -0.1) is 0 Å². The fourth-order valence-electron chi connectivity index (χ4n) is 2.16. The second-order valence-corrected chi connectivity index (χ2v) is 6.63. The molecular formula is C21H41NO9. The standard InChI is InChI=1S/C21H41NO9/c1-2-3-8-26-10-12-28-14-16-30-18-19-31-17-15-29-13-11-27-9-4-7-22-20(23)5-6-21(24)25/h2-19H2,1H3,(H,22,23)(H,24,25). The predicted molar refractivity (Wildman–Crippen MR) is 114 cm³/mol. The lowest BCUT2D eigenvalue weighted by Crippen LogP contribution is -2.25. The van der Waals surface area contributed by atoms with E-state index < -0.39 is 5.97 Å². The summed E-state index contributed by atoms with van der Waals surface area (Å²) in [7, 11) is 0. The average molecular weight is 452 g/mol. The third kappa shape index (κ3) is 26.7. The Labute approximate surface area is 185 Å². The van der Waals surface area contributed by atoms with Gasteiger partial charge in [-0.1, -0.05) is 13.3 Å². The maximum atomic E-state index is 11.3. The molecule has 10 nitrogen and oxygen atoms in total. The van der Waals surface area contributed by atoms with Crippen LogP contribution in [0.4, 0.5) is 0 Å². The molecule has 0 aliphatic carbocycles. The molecule has 0 unspecified atom stereocenters. The minimum absolute atomic E-state index is 0.00172. The van der Waals surface area contributed by atoms with Gasteiger partial charge in [-0.2, -0.15) is 0 Å². The smallest absolute Gasteiger partial charge is 0.303 e. The Balaban J connectivity index is 3.08. The van der Waals surface area contributed by atoms with Crippen LogP contribution in [-0.2, 0) is 38.0 Å². The topological polar surface area (TPSA) is 122 Å². The van der Waals surface area contributed by atoms with Crippen LogP contribution >= 0.6 is 0 Å². The molecule has 0 heterocycles. The molecule has 0 bridgehead atoms. The number of ether oxygens (including phenoxy) is 6. The Hall–Kier alpha value is -1.30. The Morgan fingerprint density at radius 3 is 1.39 bits per heavy atom. The van der Waals surface area contributed by atoms with Crippen LogP contribution in [0.15, 0.2) is 0 Å². The summed E-state index contributed by atoms with van der Waals surface area (Å²) >= 11 is 0. The average Bonchev–Trinajstić information content (AvgIpc) is 2.75. The molecule has 0 aromatic heterocycles. The van der Waals surface area contributed by atoms with Gasteiger partial charge in [-0.3, -0.25) is 9.59 Å². The number of carbonyl (C=O) groups is 2. The molecule has 1 amide bonds. The zero-order chi connectivity index (χ0) is 22.8. The summed E-state index contributed by atoms with van der Waals surface area (Å²) in [5.74, 6) is -1.23. The Morgan fingerprint density at radius 1 is 0.613 bits per heavy atom. The number of nitrogens with one attached hydrogen (secondary N) is 1. The normalized spacial score (nSPS) is 11.0. The first-order valence-electron chi connectivity index (χ1n) is 11.1. The number of rotatable bonds is 25. The number of carboxylic acid groups (broad SMARTS) is 1. The van der Waals surface area contributed by atoms with Gasteiger partial charge in [-0.05, 0) is 12.8 Å². The molecule has 0 aromatic rings. The highest BCUT2D eigenvalue weighted by atomic mass is 16.6. The van der Waals surface area contributed by atoms with Gasteiger partial charge in [0.25, 0.3) is 0 Å². The van der Waals surface area contributed by atoms with Crippen LogP contribution < -0.4 is 5.32 Å². The molecule has 0 aliphatic heterocycles. The van der Waals surface area contributed by atoms with E-state index in [9.17, 15) is 9.59 Å². The third-order valence-corrected chi connectivity index (χ3v) is 3.86. The maximum absolute atomic E-state index is 11.3. The molecule has 0 saturated carbocycles. The van der Waals surface area contributed by atoms with Crippen molar-refractivity contribution in [2.75, 3.05) is 85.8 Å². The van der Waals surface area contributed by atoms with Gasteiger partial charge >= 0.3 is 5.97 Å². The Bertz CT molecular complexity index is 410. The molecule has 0 fully saturated rings. The SMILES string of the molecule is CCCCOCCOCCOCCOCCOCCOCCCNC(=O)CCC(=O)O. The Kier molecular flexibility index (Phi) is 23.9. The Morgan fingerprint density at radius 2 is 1.00 bits per heavy atom. The number of hydrogen-bond donors (Lipinski definition) is 2. The van der Waals surface area contributed by atoms with Crippen molar-refractivity contribution in [1.29, 1.82) is 0 Å². The fraction of sp³-hybridized carbons (Fsp3) is 0.905. The first-order chi connectivity index (χ1) is 15.2. The van der Waals surface area contributed by atoms with Crippen LogP contribution in [-0.4, -0.2) is 103 Å². The van der Waals surface area contributed by atoms with Gasteiger partial charge < -0.3 is 38.8 Å². The maximum Gasteiger partial charge on any atom is 0.303 e. The van der Waals surface area contributed by atoms with E-state index in [-0.39, 0.29) is 18.7 Å².